The number of hydrogen-bond acceptors (Lipinski definition) is 4. The molecular formula is C15H21N3O. The van der Waals surface area contributed by atoms with Crippen LogP contribution in [-0.4, -0.2) is 24.2 Å². The Morgan fingerprint density at radius 2 is 2.21 bits per heavy atom. The van der Waals surface area contributed by atoms with Crippen LogP contribution >= 0.6 is 0 Å². The van der Waals surface area contributed by atoms with Crippen LogP contribution in [0.4, 0.5) is 5.82 Å². The monoisotopic (exact) mass is 259 g/mol. The van der Waals surface area contributed by atoms with Crippen molar-refractivity contribution in [2.45, 2.75) is 44.6 Å². The van der Waals surface area contributed by atoms with Crippen molar-refractivity contribution in [3.05, 3.63) is 23.9 Å². The van der Waals surface area contributed by atoms with Gasteiger partial charge in [-0.2, -0.15) is 5.26 Å². The van der Waals surface area contributed by atoms with Gasteiger partial charge in [-0.05, 0) is 31.4 Å². The van der Waals surface area contributed by atoms with Crippen LogP contribution in [0.3, 0.4) is 0 Å². The fraction of sp³-hybridized carbons (Fsp3) is 0.600. The number of nitrogens with zero attached hydrogens (tertiary/aromatic N) is 2. The maximum absolute atomic E-state index is 8.94. The topological polar surface area (TPSA) is 57.9 Å². The zero-order valence-electron chi connectivity index (χ0n) is 11.3. The standard InChI is InChI=1S/C15H21N3O/c16-12-13-6-4-9-17-15(13)18-10-5-11-19-14-7-2-1-3-8-14/h4,6,9,14H,1-3,5,7-8,10-11H2,(H,17,18). The maximum atomic E-state index is 8.94. The molecule has 19 heavy (non-hydrogen) atoms. The molecule has 0 aromatic carbocycles. The van der Waals surface area contributed by atoms with Crippen molar-refractivity contribution in [2.75, 3.05) is 18.5 Å². The summed E-state index contributed by atoms with van der Waals surface area (Å²) in [6.45, 7) is 1.57. The molecule has 0 spiro atoms. The number of rotatable bonds is 6. The van der Waals surface area contributed by atoms with Gasteiger partial charge in [0, 0.05) is 19.3 Å². The quantitative estimate of drug-likeness (QED) is 0.797. The predicted octanol–water partition coefficient (Wildman–Crippen LogP) is 3.10. The van der Waals surface area contributed by atoms with E-state index in [0.29, 0.717) is 17.5 Å². The molecule has 4 heteroatoms. The van der Waals surface area contributed by atoms with Gasteiger partial charge in [0.15, 0.2) is 0 Å². The minimum atomic E-state index is 0.471. The first kappa shape index (κ1) is 13.8. The lowest BCUT2D eigenvalue weighted by Crippen LogP contribution is -2.18. The molecule has 102 valence electrons. The zero-order chi connectivity index (χ0) is 13.3. The van der Waals surface area contributed by atoms with Crippen molar-refractivity contribution in [3.63, 3.8) is 0 Å². The number of anilines is 1. The van der Waals surface area contributed by atoms with Gasteiger partial charge < -0.3 is 10.1 Å². The lowest BCUT2D eigenvalue weighted by Gasteiger charge is -2.21. The minimum Gasteiger partial charge on any atom is -0.378 e. The third kappa shape index (κ3) is 4.53. The number of aromatic nitrogens is 1. The van der Waals surface area contributed by atoms with Crippen LogP contribution in [-0.2, 0) is 4.74 Å². The van der Waals surface area contributed by atoms with Gasteiger partial charge in [0.05, 0.1) is 11.7 Å². The van der Waals surface area contributed by atoms with Gasteiger partial charge in [-0.25, -0.2) is 4.98 Å². The van der Waals surface area contributed by atoms with E-state index in [2.05, 4.69) is 16.4 Å². The molecule has 1 aromatic heterocycles. The van der Waals surface area contributed by atoms with Gasteiger partial charge in [0.2, 0.25) is 0 Å². The van der Waals surface area contributed by atoms with Crippen molar-refractivity contribution >= 4 is 5.82 Å². The Kier molecular flexibility index (Phi) is 5.64. The van der Waals surface area contributed by atoms with Crippen LogP contribution in [0.25, 0.3) is 0 Å². The van der Waals surface area contributed by atoms with Crippen molar-refractivity contribution < 1.29 is 4.74 Å². The molecule has 1 aromatic rings. The highest BCUT2D eigenvalue weighted by atomic mass is 16.5. The van der Waals surface area contributed by atoms with E-state index in [1.807, 2.05) is 0 Å². The Morgan fingerprint density at radius 3 is 3.00 bits per heavy atom. The van der Waals surface area contributed by atoms with E-state index < -0.39 is 0 Å². The van der Waals surface area contributed by atoms with Crippen LogP contribution < -0.4 is 5.32 Å². The summed E-state index contributed by atoms with van der Waals surface area (Å²) in [6.07, 6.45) is 9.51. The molecule has 1 heterocycles. The summed E-state index contributed by atoms with van der Waals surface area (Å²) >= 11 is 0. The molecule has 4 nitrogen and oxygen atoms in total. The van der Waals surface area contributed by atoms with E-state index >= 15 is 0 Å². The lowest BCUT2D eigenvalue weighted by molar-refractivity contribution is 0.0284. The molecule has 0 aliphatic heterocycles. The number of hydrogen-bond donors (Lipinski definition) is 1. The number of nitriles is 1. The Bertz CT molecular complexity index is 422. The lowest BCUT2D eigenvalue weighted by atomic mass is 9.98. The molecule has 1 fully saturated rings. The molecule has 1 aliphatic carbocycles. The molecular weight excluding hydrogens is 238 g/mol. The first-order valence-electron chi connectivity index (χ1n) is 7.11. The molecule has 0 amide bonds. The fourth-order valence-corrected chi connectivity index (χ4v) is 2.40. The van der Waals surface area contributed by atoms with Gasteiger partial charge in [-0.15, -0.1) is 0 Å². The molecule has 0 radical (unpaired) electrons. The van der Waals surface area contributed by atoms with Crippen LogP contribution in [0, 0.1) is 11.3 Å². The summed E-state index contributed by atoms with van der Waals surface area (Å²) in [6, 6.07) is 5.68. The summed E-state index contributed by atoms with van der Waals surface area (Å²) in [5.41, 5.74) is 0.593. The van der Waals surface area contributed by atoms with Gasteiger partial charge in [0.1, 0.15) is 11.9 Å². The first-order chi connectivity index (χ1) is 9.40. The second kappa shape index (κ2) is 7.75. The van der Waals surface area contributed by atoms with Crippen LogP contribution in [0.15, 0.2) is 18.3 Å². The second-order valence-electron chi connectivity index (χ2n) is 4.92. The second-order valence-corrected chi connectivity index (χ2v) is 4.92. The Hall–Kier alpha value is -1.60. The van der Waals surface area contributed by atoms with E-state index in [-0.39, 0.29) is 0 Å². The zero-order valence-corrected chi connectivity index (χ0v) is 11.3. The van der Waals surface area contributed by atoms with Crippen molar-refractivity contribution in [1.29, 1.82) is 5.26 Å². The van der Waals surface area contributed by atoms with Gasteiger partial charge in [0.25, 0.3) is 0 Å². The van der Waals surface area contributed by atoms with E-state index in [4.69, 9.17) is 10.00 Å². The smallest absolute Gasteiger partial charge is 0.143 e. The molecule has 0 bridgehead atoms. The van der Waals surface area contributed by atoms with E-state index in [1.165, 1.54) is 32.1 Å². The highest BCUT2D eigenvalue weighted by Gasteiger charge is 2.12. The molecule has 2 rings (SSSR count). The van der Waals surface area contributed by atoms with Crippen LogP contribution in [0.2, 0.25) is 0 Å². The molecule has 0 atom stereocenters. The molecule has 1 saturated carbocycles. The molecule has 1 aliphatic rings. The molecule has 0 saturated heterocycles. The van der Waals surface area contributed by atoms with Gasteiger partial charge >= 0.3 is 0 Å². The third-order valence-corrected chi connectivity index (χ3v) is 3.45. The Balaban J connectivity index is 1.62. The number of nitrogens with one attached hydrogen (secondary N) is 1. The van der Waals surface area contributed by atoms with Gasteiger partial charge in [-0.3, -0.25) is 0 Å². The van der Waals surface area contributed by atoms with Crippen molar-refractivity contribution in [1.82, 2.24) is 4.98 Å². The minimum absolute atomic E-state index is 0.471. The Morgan fingerprint density at radius 1 is 1.37 bits per heavy atom. The largest absolute Gasteiger partial charge is 0.378 e. The van der Waals surface area contributed by atoms with E-state index in [1.54, 1.807) is 18.3 Å². The summed E-state index contributed by atoms with van der Waals surface area (Å²) in [7, 11) is 0. The molecule has 0 unspecified atom stereocenters. The SMILES string of the molecule is N#Cc1cccnc1NCCCOC1CCCCC1. The summed E-state index contributed by atoms with van der Waals surface area (Å²) < 4.78 is 5.85. The summed E-state index contributed by atoms with van der Waals surface area (Å²) in [5.74, 6) is 0.669. The number of ether oxygens (including phenoxy) is 1. The predicted molar refractivity (Wildman–Crippen MR) is 74.9 cm³/mol. The first-order valence-corrected chi connectivity index (χ1v) is 7.11. The maximum Gasteiger partial charge on any atom is 0.143 e. The molecule has 1 N–H and O–H groups in total. The number of pyridine rings is 1. The fourth-order valence-electron chi connectivity index (χ4n) is 2.40. The third-order valence-electron chi connectivity index (χ3n) is 3.45. The average Bonchev–Trinajstić information content (AvgIpc) is 2.48. The summed E-state index contributed by atoms with van der Waals surface area (Å²) in [4.78, 5) is 4.16. The van der Waals surface area contributed by atoms with E-state index in [9.17, 15) is 0 Å². The van der Waals surface area contributed by atoms with Gasteiger partial charge in [-0.1, -0.05) is 19.3 Å². The summed E-state index contributed by atoms with van der Waals surface area (Å²) in [5, 5.41) is 12.1. The van der Waals surface area contributed by atoms with Crippen molar-refractivity contribution in [2.24, 2.45) is 0 Å². The highest BCUT2D eigenvalue weighted by molar-refractivity contribution is 5.50. The van der Waals surface area contributed by atoms with Crippen LogP contribution in [0.5, 0.6) is 0 Å². The van der Waals surface area contributed by atoms with Crippen LogP contribution in [0.1, 0.15) is 44.1 Å². The normalized spacial score (nSPS) is 15.9. The Labute approximate surface area is 114 Å². The van der Waals surface area contributed by atoms with E-state index in [0.717, 1.165) is 19.6 Å². The average molecular weight is 259 g/mol. The highest BCUT2D eigenvalue weighted by Crippen LogP contribution is 2.20. The van der Waals surface area contributed by atoms with Crippen molar-refractivity contribution in [3.8, 4) is 6.07 Å².